The molecule has 0 atom stereocenters. The Labute approximate surface area is 158 Å². The van der Waals surface area contributed by atoms with E-state index in [1.54, 1.807) is 33.8 Å². The zero-order valence-corrected chi connectivity index (χ0v) is 16.6. The van der Waals surface area contributed by atoms with Crippen molar-refractivity contribution in [2.75, 3.05) is 13.7 Å². The standard InChI is InChI=1S/C20H25NO6/c1-11-9-16(13(3)21(11)8-7-18(23)25-6)17(22)10-26-20(24)19-12(2)14(4)27-15(19)5/h9H,7-8,10H2,1-6H3. The normalized spacial score (nSPS) is 10.7. The van der Waals surface area contributed by atoms with Crippen LogP contribution in [0.1, 0.15) is 55.6 Å². The van der Waals surface area contributed by atoms with Crippen molar-refractivity contribution in [3.63, 3.8) is 0 Å². The lowest BCUT2D eigenvalue weighted by Crippen LogP contribution is -2.16. The molecule has 0 aliphatic carbocycles. The summed E-state index contributed by atoms with van der Waals surface area (Å²) in [4.78, 5) is 36.2. The van der Waals surface area contributed by atoms with Crippen molar-refractivity contribution >= 4 is 17.7 Å². The second kappa shape index (κ2) is 8.24. The molecule has 2 aromatic heterocycles. The number of Topliss-reactive ketones (excluding diaryl/α,β-unsaturated/α-hetero) is 1. The Kier molecular flexibility index (Phi) is 6.25. The monoisotopic (exact) mass is 375 g/mol. The number of furan rings is 1. The number of aryl methyl sites for hydroxylation is 3. The topological polar surface area (TPSA) is 87.7 Å². The van der Waals surface area contributed by atoms with Crippen molar-refractivity contribution in [3.8, 4) is 0 Å². The number of hydrogen-bond acceptors (Lipinski definition) is 6. The van der Waals surface area contributed by atoms with Gasteiger partial charge in [-0.25, -0.2) is 4.79 Å². The van der Waals surface area contributed by atoms with Crippen molar-refractivity contribution in [2.24, 2.45) is 0 Å². The lowest BCUT2D eigenvalue weighted by molar-refractivity contribution is -0.140. The lowest BCUT2D eigenvalue weighted by Gasteiger charge is -2.09. The molecule has 0 spiro atoms. The lowest BCUT2D eigenvalue weighted by atomic mass is 10.1. The Balaban J connectivity index is 2.08. The zero-order valence-electron chi connectivity index (χ0n) is 16.6. The Morgan fingerprint density at radius 3 is 2.30 bits per heavy atom. The fourth-order valence-electron chi connectivity index (χ4n) is 3.11. The molecule has 2 rings (SSSR count). The van der Waals surface area contributed by atoms with Crippen molar-refractivity contribution in [1.29, 1.82) is 0 Å². The highest BCUT2D eigenvalue weighted by molar-refractivity contribution is 6.01. The summed E-state index contributed by atoms with van der Waals surface area (Å²) in [6.45, 7) is 8.95. The molecule has 0 aromatic carbocycles. The maximum atomic E-state index is 12.5. The molecule has 0 aliphatic heterocycles. The van der Waals surface area contributed by atoms with E-state index in [4.69, 9.17) is 9.15 Å². The smallest absolute Gasteiger partial charge is 0.342 e. The van der Waals surface area contributed by atoms with Gasteiger partial charge in [0, 0.05) is 29.1 Å². The predicted octanol–water partition coefficient (Wildman–Crippen LogP) is 3.23. The zero-order chi connectivity index (χ0) is 20.3. The second-order valence-electron chi connectivity index (χ2n) is 6.48. The molecule has 2 aromatic rings. The van der Waals surface area contributed by atoms with E-state index < -0.39 is 5.97 Å². The van der Waals surface area contributed by atoms with Gasteiger partial charge in [-0.15, -0.1) is 0 Å². The summed E-state index contributed by atoms with van der Waals surface area (Å²) in [5.41, 5.74) is 3.13. The van der Waals surface area contributed by atoms with E-state index in [1.807, 2.05) is 11.5 Å². The molecule has 0 amide bonds. The molecule has 0 fully saturated rings. The Hall–Kier alpha value is -2.83. The Bertz CT molecular complexity index is 887. The molecule has 0 N–H and O–H groups in total. The fraction of sp³-hybridized carbons (Fsp3) is 0.450. The summed E-state index contributed by atoms with van der Waals surface area (Å²) in [6, 6.07) is 1.74. The first-order valence-electron chi connectivity index (χ1n) is 8.67. The molecular formula is C20H25NO6. The largest absolute Gasteiger partial charge is 0.469 e. The van der Waals surface area contributed by atoms with Crippen molar-refractivity contribution in [1.82, 2.24) is 4.57 Å². The number of nitrogens with zero attached hydrogens (tertiary/aromatic N) is 1. The van der Waals surface area contributed by atoms with E-state index in [-0.39, 0.29) is 24.8 Å². The summed E-state index contributed by atoms with van der Waals surface area (Å²) in [5.74, 6) is -0.0557. The van der Waals surface area contributed by atoms with Gasteiger partial charge < -0.3 is 18.5 Å². The third-order valence-corrected chi connectivity index (χ3v) is 4.74. The first-order valence-corrected chi connectivity index (χ1v) is 8.67. The first kappa shape index (κ1) is 20.5. The van der Waals surface area contributed by atoms with Gasteiger partial charge >= 0.3 is 11.9 Å². The number of carbonyl (C=O) groups excluding carboxylic acids is 3. The van der Waals surface area contributed by atoms with Crippen LogP contribution in [0.4, 0.5) is 0 Å². The van der Waals surface area contributed by atoms with Crippen LogP contribution in [-0.4, -0.2) is 36.0 Å². The average Bonchev–Trinajstić information content (AvgIpc) is 3.05. The van der Waals surface area contributed by atoms with Crippen LogP contribution < -0.4 is 0 Å². The van der Waals surface area contributed by atoms with Crippen LogP contribution in [0.2, 0.25) is 0 Å². The molecule has 2 heterocycles. The number of ether oxygens (including phenoxy) is 2. The van der Waals surface area contributed by atoms with Crippen LogP contribution in [0, 0.1) is 34.6 Å². The van der Waals surface area contributed by atoms with Crippen molar-refractivity contribution in [3.05, 3.63) is 45.7 Å². The molecular weight excluding hydrogens is 350 g/mol. The summed E-state index contributed by atoms with van der Waals surface area (Å²) < 4.78 is 17.2. The van der Waals surface area contributed by atoms with E-state index >= 15 is 0 Å². The molecule has 7 heteroatoms. The molecule has 27 heavy (non-hydrogen) atoms. The molecule has 0 saturated carbocycles. The minimum atomic E-state index is -0.574. The van der Waals surface area contributed by atoms with Crippen molar-refractivity contribution < 1.29 is 28.3 Å². The number of ketones is 1. The van der Waals surface area contributed by atoms with Gasteiger partial charge in [-0.3, -0.25) is 9.59 Å². The number of aromatic nitrogens is 1. The average molecular weight is 375 g/mol. The van der Waals surface area contributed by atoms with Crippen LogP contribution in [0.3, 0.4) is 0 Å². The molecule has 0 aliphatic rings. The number of methoxy groups -OCH3 is 1. The van der Waals surface area contributed by atoms with Gasteiger partial charge in [0.15, 0.2) is 6.61 Å². The molecule has 0 bridgehead atoms. The highest BCUT2D eigenvalue weighted by Crippen LogP contribution is 2.22. The highest BCUT2D eigenvalue weighted by Gasteiger charge is 2.22. The molecule has 0 radical (unpaired) electrons. The number of esters is 2. The van der Waals surface area contributed by atoms with Crippen LogP contribution in [0.15, 0.2) is 10.5 Å². The minimum Gasteiger partial charge on any atom is -0.469 e. The summed E-state index contributed by atoms with van der Waals surface area (Å²) in [7, 11) is 1.34. The van der Waals surface area contributed by atoms with E-state index in [9.17, 15) is 14.4 Å². The van der Waals surface area contributed by atoms with Gasteiger partial charge in [-0.1, -0.05) is 0 Å². The van der Waals surface area contributed by atoms with Gasteiger partial charge in [0.1, 0.15) is 17.1 Å². The summed E-state index contributed by atoms with van der Waals surface area (Å²) >= 11 is 0. The highest BCUT2D eigenvalue weighted by atomic mass is 16.5. The van der Waals surface area contributed by atoms with E-state index in [0.29, 0.717) is 34.8 Å². The van der Waals surface area contributed by atoms with Crippen LogP contribution >= 0.6 is 0 Å². The van der Waals surface area contributed by atoms with Gasteiger partial charge in [-0.05, 0) is 40.7 Å². The molecule has 7 nitrogen and oxygen atoms in total. The van der Waals surface area contributed by atoms with Crippen LogP contribution in [0.5, 0.6) is 0 Å². The Morgan fingerprint density at radius 1 is 1.07 bits per heavy atom. The third kappa shape index (κ3) is 4.30. The maximum absolute atomic E-state index is 12.5. The fourth-order valence-corrected chi connectivity index (χ4v) is 3.11. The quantitative estimate of drug-likeness (QED) is 0.545. The molecule has 0 saturated heterocycles. The molecule has 146 valence electrons. The first-order chi connectivity index (χ1) is 12.7. The maximum Gasteiger partial charge on any atom is 0.342 e. The minimum absolute atomic E-state index is 0.216. The van der Waals surface area contributed by atoms with Crippen LogP contribution in [-0.2, 0) is 20.8 Å². The van der Waals surface area contributed by atoms with Gasteiger partial charge in [-0.2, -0.15) is 0 Å². The predicted molar refractivity (Wildman–Crippen MR) is 98.1 cm³/mol. The number of rotatable bonds is 7. The van der Waals surface area contributed by atoms with Gasteiger partial charge in [0.2, 0.25) is 5.78 Å². The number of hydrogen-bond donors (Lipinski definition) is 0. The van der Waals surface area contributed by atoms with E-state index in [0.717, 1.165) is 11.4 Å². The number of carbonyl (C=O) groups is 3. The third-order valence-electron chi connectivity index (χ3n) is 4.74. The van der Waals surface area contributed by atoms with Crippen LogP contribution in [0.25, 0.3) is 0 Å². The SMILES string of the molecule is COC(=O)CCn1c(C)cc(C(=O)COC(=O)c2c(C)oc(C)c2C)c1C. The van der Waals surface area contributed by atoms with E-state index in [2.05, 4.69) is 4.74 Å². The Morgan fingerprint density at radius 2 is 1.74 bits per heavy atom. The van der Waals surface area contributed by atoms with Gasteiger partial charge in [0.05, 0.1) is 13.5 Å². The van der Waals surface area contributed by atoms with Crippen molar-refractivity contribution in [2.45, 2.75) is 47.6 Å². The van der Waals surface area contributed by atoms with E-state index in [1.165, 1.54) is 7.11 Å². The van der Waals surface area contributed by atoms with Gasteiger partial charge in [0.25, 0.3) is 0 Å². The summed E-state index contributed by atoms with van der Waals surface area (Å²) in [5, 5.41) is 0. The second-order valence-corrected chi connectivity index (χ2v) is 6.48. The molecule has 0 unspecified atom stereocenters. The summed E-state index contributed by atoms with van der Waals surface area (Å²) in [6.07, 6.45) is 0.216.